The molecule has 2 aliphatic rings. The van der Waals surface area contributed by atoms with Crippen molar-refractivity contribution in [1.29, 1.82) is 0 Å². The molecule has 1 atom stereocenters. The summed E-state index contributed by atoms with van der Waals surface area (Å²) in [4.78, 5) is 22.5. The van der Waals surface area contributed by atoms with Gasteiger partial charge in [-0.15, -0.1) is 0 Å². The Balaban J connectivity index is 1.43. The second-order valence-electron chi connectivity index (χ2n) is 6.80. The van der Waals surface area contributed by atoms with Crippen molar-refractivity contribution in [3.63, 3.8) is 0 Å². The second-order valence-corrected chi connectivity index (χ2v) is 6.80. The maximum atomic E-state index is 14.1. The predicted molar refractivity (Wildman–Crippen MR) is 100 cm³/mol. The van der Waals surface area contributed by atoms with Crippen LogP contribution in [0.15, 0.2) is 41.8 Å². The Morgan fingerprint density at radius 2 is 1.89 bits per heavy atom. The number of carbonyl (C=O) groups excluding carboxylic acids is 1. The van der Waals surface area contributed by atoms with E-state index in [1.807, 2.05) is 35.2 Å². The standard InChI is InChI=1S/C19H21FN6O/c20-16-17(21)22-12-23-18(16)25-10-7-14(8-11-25)19(27)26-15(6-9-24-26)13-4-2-1-3-5-13/h1-5,9,12,14-15H,6-8,10-11H2,(H2,21,22,23). The zero-order valence-electron chi connectivity index (χ0n) is 14.8. The number of piperidine rings is 1. The van der Waals surface area contributed by atoms with Crippen molar-refractivity contribution in [1.82, 2.24) is 15.0 Å². The third kappa shape index (κ3) is 3.34. The third-order valence-electron chi connectivity index (χ3n) is 5.18. The minimum atomic E-state index is -0.601. The van der Waals surface area contributed by atoms with E-state index < -0.39 is 5.82 Å². The topological polar surface area (TPSA) is 87.7 Å². The quantitative estimate of drug-likeness (QED) is 0.899. The van der Waals surface area contributed by atoms with Gasteiger partial charge in [0.1, 0.15) is 6.33 Å². The van der Waals surface area contributed by atoms with Gasteiger partial charge in [0.15, 0.2) is 11.6 Å². The molecular weight excluding hydrogens is 347 g/mol. The summed E-state index contributed by atoms with van der Waals surface area (Å²) in [6.07, 6.45) is 5.02. The molecule has 7 nitrogen and oxygen atoms in total. The molecule has 2 aliphatic heterocycles. The predicted octanol–water partition coefficient (Wildman–Crippen LogP) is 2.37. The van der Waals surface area contributed by atoms with Crippen LogP contribution in [0, 0.1) is 11.7 Å². The van der Waals surface area contributed by atoms with Gasteiger partial charge in [0.2, 0.25) is 11.7 Å². The molecule has 2 aromatic rings. The highest BCUT2D eigenvalue weighted by atomic mass is 19.1. The summed E-state index contributed by atoms with van der Waals surface area (Å²) in [7, 11) is 0. The average Bonchev–Trinajstić information content (AvgIpc) is 3.20. The molecule has 140 valence electrons. The summed E-state index contributed by atoms with van der Waals surface area (Å²) >= 11 is 0. The molecule has 1 saturated heterocycles. The summed E-state index contributed by atoms with van der Waals surface area (Å²) < 4.78 is 14.1. The van der Waals surface area contributed by atoms with E-state index in [1.54, 1.807) is 11.2 Å². The zero-order valence-corrected chi connectivity index (χ0v) is 14.8. The summed E-state index contributed by atoms with van der Waals surface area (Å²) in [5.41, 5.74) is 6.61. The Labute approximate surface area is 156 Å². The lowest BCUT2D eigenvalue weighted by Crippen LogP contribution is -2.41. The monoisotopic (exact) mass is 368 g/mol. The number of benzene rings is 1. The van der Waals surface area contributed by atoms with Gasteiger partial charge in [0.25, 0.3) is 0 Å². The lowest BCUT2D eigenvalue weighted by molar-refractivity contribution is -0.138. The first-order valence-corrected chi connectivity index (χ1v) is 9.06. The van der Waals surface area contributed by atoms with Gasteiger partial charge < -0.3 is 10.6 Å². The number of carbonyl (C=O) groups is 1. The highest BCUT2D eigenvalue weighted by Gasteiger charge is 2.35. The van der Waals surface area contributed by atoms with Crippen molar-refractivity contribution in [3.8, 4) is 0 Å². The molecule has 4 rings (SSSR count). The van der Waals surface area contributed by atoms with E-state index in [0.29, 0.717) is 25.9 Å². The van der Waals surface area contributed by atoms with Crippen molar-refractivity contribution in [2.75, 3.05) is 23.7 Å². The number of hydrogen-bond acceptors (Lipinski definition) is 6. The first-order chi connectivity index (χ1) is 13.1. The van der Waals surface area contributed by atoms with E-state index >= 15 is 0 Å². The number of nitrogen functional groups attached to an aromatic ring is 1. The molecule has 0 radical (unpaired) electrons. The summed E-state index contributed by atoms with van der Waals surface area (Å²) in [5.74, 6) is -0.662. The van der Waals surface area contributed by atoms with E-state index in [0.717, 1.165) is 12.0 Å². The van der Waals surface area contributed by atoms with E-state index in [4.69, 9.17) is 5.73 Å². The SMILES string of the molecule is Nc1ncnc(N2CCC(C(=O)N3N=CCC3c3ccccc3)CC2)c1F. The number of aromatic nitrogens is 2. The largest absolute Gasteiger partial charge is 0.381 e. The summed E-state index contributed by atoms with van der Waals surface area (Å²) in [5, 5.41) is 5.93. The number of nitrogens with two attached hydrogens (primary N) is 1. The highest BCUT2D eigenvalue weighted by Crippen LogP contribution is 2.32. The molecule has 8 heteroatoms. The van der Waals surface area contributed by atoms with Crippen LogP contribution >= 0.6 is 0 Å². The van der Waals surface area contributed by atoms with Crippen LogP contribution in [0.3, 0.4) is 0 Å². The Bertz CT molecular complexity index is 851. The van der Waals surface area contributed by atoms with Crippen molar-refractivity contribution in [2.45, 2.75) is 25.3 Å². The van der Waals surface area contributed by atoms with Crippen LogP contribution < -0.4 is 10.6 Å². The normalized spacial score (nSPS) is 20.3. The van der Waals surface area contributed by atoms with E-state index in [-0.39, 0.29) is 29.5 Å². The van der Waals surface area contributed by atoms with Crippen LogP contribution in [0.5, 0.6) is 0 Å². The Kier molecular flexibility index (Phi) is 4.70. The third-order valence-corrected chi connectivity index (χ3v) is 5.18. The molecule has 2 N–H and O–H groups in total. The lowest BCUT2D eigenvalue weighted by atomic mass is 9.94. The first-order valence-electron chi connectivity index (χ1n) is 9.06. The number of hydrazone groups is 1. The Morgan fingerprint density at radius 1 is 1.15 bits per heavy atom. The lowest BCUT2D eigenvalue weighted by Gasteiger charge is -2.34. The molecule has 0 aliphatic carbocycles. The molecule has 1 aromatic carbocycles. The minimum Gasteiger partial charge on any atom is -0.381 e. The van der Waals surface area contributed by atoms with Crippen LogP contribution in [-0.2, 0) is 4.79 Å². The summed E-state index contributed by atoms with van der Waals surface area (Å²) in [6.45, 7) is 1.08. The van der Waals surface area contributed by atoms with Gasteiger partial charge in [-0.3, -0.25) is 4.79 Å². The fraction of sp³-hybridized carbons (Fsp3) is 0.368. The van der Waals surface area contributed by atoms with Crippen LogP contribution in [-0.4, -0.2) is 40.2 Å². The Hall–Kier alpha value is -3.03. The number of hydrogen-bond donors (Lipinski definition) is 1. The average molecular weight is 368 g/mol. The molecule has 27 heavy (non-hydrogen) atoms. The molecule has 1 amide bonds. The highest BCUT2D eigenvalue weighted by molar-refractivity contribution is 5.82. The van der Waals surface area contributed by atoms with Crippen LogP contribution in [0.1, 0.15) is 30.9 Å². The molecule has 3 heterocycles. The van der Waals surface area contributed by atoms with Gasteiger partial charge in [0, 0.05) is 31.6 Å². The molecule has 0 spiro atoms. The second kappa shape index (κ2) is 7.30. The number of rotatable bonds is 3. The molecule has 0 bridgehead atoms. The van der Waals surface area contributed by atoms with Gasteiger partial charge in [0.05, 0.1) is 6.04 Å². The van der Waals surface area contributed by atoms with Crippen molar-refractivity contribution in [3.05, 3.63) is 48.0 Å². The summed E-state index contributed by atoms with van der Waals surface area (Å²) in [6, 6.07) is 9.89. The van der Waals surface area contributed by atoms with Gasteiger partial charge >= 0.3 is 0 Å². The number of halogens is 1. The van der Waals surface area contributed by atoms with Crippen LogP contribution in [0.2, 0.25) is 0 Å². The first kappa shape index (κ1) is 17.4. The molecule has 1 aromatic heterocycles. The van der Waals surface area contributed by atoms with Gasteiger partial charge in [-0.25, -0.2) is 15.0 Å². The Morgan fingerprint density at radius 3 is 2.63 bits per heavy atom. The van der Waals surface area contributed by atoms with Gasteiger partial charge in [-0.1, -0.05) is 30.3 Å². The molecule has 1 unspecified atom stereocenters. The molecular formula is C19H21FN6O. The van der Waals surface area contributed by atoms with Crippen molar-refractivity contribution < 1.29 is 9.18 Å². The van der Waals surface area contributed by atoms with E-state index in [2.05, 4.69) is 15.1 Å². The fourth-order valence-electron chi connectivity index (χ4n) is 3.70. The minimum absolute atomic E-state index is 0.0277. The zero-order chi connectivity index (χ0) is 18.8. The maximum absolute atomic E-state index is 14.1. The number of amides is 1. The van der Waals surface area contributed by atoms with Crippen molar-refractivity contribution >= 4 is 23.8 Å². The maximum Gasteiger partial charge on any atom is 0.246 e. The molecule has 1 fully saturated rings. The van der Waals surface area contributed by atoms with E-state index in [9.17, 15) is 9.18 Å². The number of nitrogens with zero attached hydrogens (tertiary/aromatic N) is 5. The van der Waals surface area contributed by atoms with Gasteiger partial charge in [-0.2, -0.15) is 9.49 Å². The van der Waals surface area contributed by atoms with Gasteiger partial charge in [-0.05, 0) is 18.4 Å². The fourth-order valence-corrected chi connectivity index (χ4v) is 3.70. The smallest absolute Gasteiger partial charge is 0.246 e. The van der Waals surface area contributed by atoms with Crippen LogP contribution in [0.25, 0.3) is 0 Å². The number of anilines is 2. The van der Waals surface area contributed by atoms with E-state index in [1.165, 1.54) is 6.33 Å². The van der Waals surface area contributed by atoms with Crippen LogP contribution in [0.4, 0.5) is 16.0 Å². The molecule has 0 saturated carbocycles. The van der Waals surface area contributed by atoms with Crippen molar-refractivity contribution in [2.24, 2.45) is 11.0 Å².